The number of nitrogens with zero attached hydrogens (tertiary/aromatic N) is 6. The van der Waals surface area contributed by atoms with Crippen LogP contribution in [0.4, 0.5) is 0 Å². The first kappa shape index (κ1) is 19.2. The summed E-state index contributed by atoms with van der Waals surface area (Å²) in [6.45, 7) is 5.64. The van der Waals surface area contributed by atoms with Crippen molar-refractivity contribution in [3.05, 3.63) is 81.5 Å². The Morgan fingerprint density at radius 2 is 2.03 bits per heavy atom. The molecular formula is C22H18N6O2. The molecule has 8 heteroatoms. The van der Waals surface area contributed by atoms with Crippen LogP contribution in [-0.2, 0) is 0 Å². The van der Waals surface area contributed by atoms with Crippen LogP contribution in [0.5, 0.6) is 0 Å². The van der Waals surface area contributed by atoms with Crippen molar-refractivity contribution in [3.63, 3.8) is 0 Å². The van der Waals surface area contributed by atoms with E-state index < -0.39 is 5.91 Å². The van der Waals surface area contributed by atoms with E-state index in [1.54, 1.807) is 35.2 Å². The molecule has 0 aliphatic heterocycles. The molecule has 0 aromatic carbocycles. The molecule has 1 amide bonds. The molecule has 4 heterocycles. The fourth-order valence-electron chi connectivity index (χ4n) is 3.38. The summed E-state index contributed by atoms with van der Waals surface area (Å²) in [7, 11) is 0. The fourth-order valence-corrected chi connectivity index (χ4v) is 3.38. The summed E-state index contributed by atoms with van der Waals surface area (Å²) in [5, 5.41) is 10.0. The highest BCUT2D eigenvalue weighted by Gasteiger charge is 2.17. The number of hydrogen-bond donors (Lipinski definition) is 0. The summed E-state index contributed by atoms with van der Waals surface area (Å²) in [5.41, 5.74) is 2.04. The first-order chi connectivity index (χ1) is 14.4. The van der Waals surface area contributed by atoms with E-state index in [-0.39, 0.29) is 28.0 Å². The van der Waals surface area contributed by atoms with E-state index in [2.05, 4.69) is 16.0 Å². The summed E-state index contributed by atoms with van der Waals surface area (Å²) >= 11 is 0. The minimum absolute atomic E-state index is 0.125. The molecule has 0 saturated heterocycles. The monoisotopic (exact) mass is 398 g/mol. The van der Waals surface area contributed by atoms with Gasteiger partial charge in [-0.25, -0.2) is 4.98 Å². The van der Waals surface area contributed by atoms with Crippen LogP contribution in [0.1, 0.15) is 41.4 Å². The second-order valence-electron chi connectivity index (χ2n) is 7.15. The van der Waals surface area contributed by atoms with Gasteiger partial charge in [0.25, 0.3) is 11.5 Å². The smallest absolute Gasteiger partial charge is 0.280 e. The van der Waals surface area contributed by atoms with Crippen molar-refractivity contribution >= 4 is 22.6 Å². The lowest BCUT2D eigenvalue weighted by Crippen LogP contribution is -2.30. The molecule has 0 atom stereocenters. The Balaban J connectivity index is 2.17. The fraction of sp³-hybridized carbons (Fsp3) is 0.182. The van der Waals surface area contributed by atoms with Gasteiger partial charge >= 0.3 is 0 Å². The molecule has 30 heavy (non-hydrogen) atoms. The second-order valence-corrected chi connectivity index (χ2v) is 7.15. The van der Waals surface area contributed by atoms with Crippen LogP contribution in [0.25, 0.3) is 16.7 Å². The zero-order chi connectivity index (χ0) is 21.4. The SMILES string of the molecule is Cc1cccn2c(=O)c3cc(C#N)c(=NC(=O)c4cccnc4)n(C(C)C)c3nc12. The summed E-state index contributed by atoms with van der Waals surface area (Å²) in [5.74, 6) is -0.526. The van der Waals surface area contributed by atoms with Crippen molar-refractivity contribution in [2.75, 3.05) is 0 Å². The van der Waals surface area contributed by atoms with Gasteiger partial charge in [-0.15, -0.1) is 0 Å². The van der Waals surface area contributed by atoms with Crippen molar-refractivity contribution < 1.29 is 4.79 Å². The minimum Gasteiger partial charge on any atom is -0.306 e. The van der Waals surface area contributed by atoms with Crippen molar-refractivity contribution in [2.24, 2.45) is 4.99 Å². The van der Waals surface area contributed by atoms with E-state index in [0.717, 1.165) is 5.56 Å². The molecule has 0 radical (unpaired) electrons. The van der Waals surface area contributed by atoms with E-state index in [9.17, 15) is 14.9 Å². The Bertz CT molecular complexity index is 1470. The molecule has 148 valence electrons. The van der Waals surface area contributed by atoms with E-state index in [1.165, 1.54) is 16.7 Å². The topological polar surface area (TPSA) is 105 Å². The highest BCUT2D eigenvalue weighted by Crippen LogP contribution is 2.16. The van der Waals surface area contributed by atoms with Crippen LogP contribution >= 0.6 is 0 Å². The molecule has 8 nitrogen and oxygen atoms in total. The van der Waals surface area contributed by atoms with Crippen LogP contribution in [0.15, 0.2) is 58.7 Å². The molecule has 0 bridgehead atoms. The molecule has 0 spiro atoms. The highest BCUT2D eigenvalue weighted by molar-refractivity contribution is 5.94. The number of amides is 1. The van der Waals surface area contributed by atoms with Gasteiger partial charge in [-0.05, 0) is 50.6 Å². The molecule has 0 saturated carbocycles. The standard InChI is InChI=1S/C22H18N6O2/c1-13(2)28-19(26-21(29)15-7-4-8-24-12-15)16(11-23)10-17-20(28)25-18-14(3)6-5-9-27(18)22(17)30/h4-10,12-13H,1-3H3. The molecule has 0 fully saturated rings. The predicted molar refractivity (Wildman–Crippen MR) is 111 cm³/mol. The van der Waals surface area contributed by atoms with E-state index >= 15 is 0 Å². The number of aromatic nitrogens is 4. The Hall–Kier alpha value is -4.12. The summed E-state index contributed by atoms with van der Waals surface area (Å²) in [4.78, 5) is 38.7. The number of fused-ring (bicyclic) bond motifs is 2. The van der Waals surface area contributed by atoms with Crippen molar-refractivity contribution in [1.82, 2.24) is 18.9 Å². The number of rotatable bonds is 2. The molecule has 0 N–H and O–H groups in total. The Morgan fingerprint density at radius 3 is 2.70 bits per heavy atom. The van der Waals surface area contributed by atoms with Gasteiger partial charge in [0, 0.05) is 24.6 Å². The van der Waals surface area contributed by atoms with Crippen LogP contribution < -0.4 is 11.0 Å². The van der Waals surface area contributed by atoms with Crippen molar-refractivity contribution in [2.45, 2.75) is 26.8 Å². The van der Waals surface area contributed by atoms with Crippen molar-refractivity contribution in [3.8, 4) is 6.07 Å². The minimum atomic E-state index is -0.526. The van der Waals surface area contributed by atoms with Crippen LogP contribution in [-0.4, -0.2) is 24.8 Å². The predicted octanol–water partition coefficient (Wildman–Crippen LogP) is 2.55. The normalized spacial score (nSPS) is 11.9. The third kappa shape index (κ3) is 3.06. The molecule has 4 rings (SSSR count). The van der Waals surface area contributed by atoms with Gasteiger partial charge < -0.3 is 4.57 Å². The summed E-state index contributed by atoms with van der Waals surface area (Å²) < 4.78 is 3.12. The maximum Gasteiger partial charge on any atom is 0.280 e. The Kier molecular flexibility index (Phi) is 4.72. The van der Waals surface area contributed by atoms with E-state index in [1.807, 2.05) is 26.8 Å². The Morgan fingerprint density at radius 1 is 1.23 bits per heavy atom. The van der Waals surface area contributed by atoms with Crippen molar-refractivity contribution in [1.29, 1.82) is 5.26 Å². The summed E-state index contributed by atoms with van der Waals surface area (Å²) in [6.07, 6.45) is 4.62. The van der Waals surface area contributed by atoms with Gasteiger partial charge in [-0.3, -0.25) is 19.0 Å². The molecule has 0 aliphatic carbocycles. The molecule has 4 aromatic heterocycles. The van der Waals surface area contributed by atoms with Gasteiger partial charge in [-0.1, -0.05) is 6.07 Å². The van der Waals surface area contributed by atoms with Crippen LogP contribution in [0.2, 0.25) is 0 Å². The number of aryl methyl sites for hydroxylation is 1. The third-order valence-electron chi connectivity index (χ3n) is 4.80. The Labute approximate surface area is 171 Å². The van der Waals surface area contributed by atoms with Gasteiger partial charge in [0.05, 0.1) is 16.5 Å². The molecule has 0 unspecified atom stereocenters. The third-order valence-corrected chi connectivity index (χ3v) is 4.80. The largest absolute Gasteiger partial charge is 0.306 e. The average molecular weight is 398 g/mol. The lowest BCUT2D eigenvalue weighted by molar-refractivity contribution is 0.0996. The maximum absolute atomic E-state index is 13.1. The van der Waals surface area contributed by atoms with Crippen LogP contribution in [0, 0.1) is 18.3 Å². The maximum atomic E-state index is 13.1. The van der Waals surface area contributed by atoms with Gasteiger partial charge in [0.2, 0.25) is 0 Å². The second kappa shape index (κ2) is 7.37. The lowest BCUT2D eigenvalue weighted by Gasteiger charge is -2.16. The highest BCUT2D eigenvalue weighted by atomic mass is 16.1. The summed E-state index contributed by atoms with van der Waals surface area (Å²) in [6, 6.07) is 10.2. The number of hydrogen-bond acceptors (Lipinski definition) is 5. The number of nitriles is 1. The first-order valence-electron chi connectivity index (χ1n) is 9.38. The number of carbonyl (C=O) groups excluding carboxylic acids is 1. The zero-order valence-corrected chi connectivity index (χ0v) is 16.7. The van der Waals surface area contributed by atoms with E-state index in [0.29, 0.717) is 16.9 Å². The van der Waals surface area contributed by atoms with Crippen LogP contribution in [0.3, 0.4) is 0 Å². The number of carbonyl (C=O) groups is 1. The van der Waals surface area contributed by atoms with E-state index in [4.69, 9.17) is 4.98 Å². The molecule has 0 aliphatic rings. The number of pyridine rings is 3. The quantitative estimate of drug-likeness (QED) is 0.483. The molecule has 4 aromatic rings. The lowest BCUT2D eigenvalue weighted by atomic mass is 10.2. The van der Waals surface area contributed by atoms with Gasteiger partial charge in [0.1, 0.15) is 17.4 Å². The average Bonchev–Trinajstić information content (AvgIpc) is 2.74. The van der Waals surface area contributed by atoms with Gasteiger partial charge in [0.15, 0.2) is 5.49 Å². The zero-order valence-electron chi connectivity index (χ0n) is 16.7. The first-order valence-corrected chi connectivity index (χ1v) is 9.38. The molecular weight excluding hydrogens is 380 g/mol. The van der Waals surface area contributed by atoms with Gasteiger partial charge in [-0.2, -0.15) is 10.3 Å².